The number of carbonyl (C=O) groups excluding carboxylic acids is 1. The molecule has 3 rings (SSSR count). The van der Waals surface area contributed by atoms with Crippen molar-refractivity contribution in [2.45, 2.75) is 33.4 Å². The molecule has 0 fully saturated rings. The SMILES string of the molecule is CCc1cc(=O)n(CC(=O)NCc2ccc(C)cc2)c(-c2ccc(F)cc2)n1. The minimum absolute atomic E-state index is 0.158. The summed E-state index contributed by atoms with van der Waals surface area (Å²) < 4.78 is 14.6. The van der Waals surface area contributed by atoms with Crippen molar-refractivity contribution in [1.82, 2.24) is 14.9 Å². The Bertz CT molecular complexity index is 1030. The third-order valence-corrected chi connectivity index (χ3v) is 4.44. The van der Waals surface area contributed by atoms with Crippen LogP contribution >= 0.6 is 0 Å². The molecule has 0 atom stereocenters. The van der Waals surface area contributed by atoms with Crippen LogP contribution in [-0.4, -0.2) is 15.5 Å². The predicted octanol–water partition coefficient (Wildman–Crippen LogP) is 3.24. The molecule has 0 saturated carbocycles. The van der Waals surface area contributed by atoms with Crippen LogP contribution in [0.25, 0.3) is 11.4 Å². The first-order valence-corrected chi connectivity index (χ1v) is 9.15. The van der Waals surface area contributed by atoms with Crippen molar-refractivity contribution in [3.63, 3.8) is 0 Å². The summed E-state index contributed by atoms with van der Waals surface area (Å²) in [7, 11) is 0. The number of nitrogens with zero attached hydrogens (tertiary/aromatic N) is 2. The van der Waals surface area contributed by atoms with Crippen LogP contribution < -0.4 is 10.9 Å². The topological polar surface area (TPSA) is 64.0 Å². The lowest BCUT2D eigenvalue weighted by atomic mass is 10.1. The van der Waals surface area contributed by atoms with Gasteiger partial charge in [-0.3, -0.25) is 14.2 Å². The molecular weight excluding hydrogens is 357 g/mol. The highest BCUT2D eigenvalue weighted by Gasteiger charge is 2.14. The molecular formula is C22H22FN3O2. The van der Waals surface area contributed by atoms with E-state index < -0.39 is 0 Å². The van der Waals surface area contributed by atoms with Crippen LogP contribution in [0, 0.1) is 12.7 Å². The molecule has 1 heterocycles. The fraction of sp³-hybridized carbons (Fsp3) is 0.227. The normalized spacial score (nSPS) is 10.7. The number of halogens is 1. The van der Waals surface area contributed by atoms with Gasteiger partial charge in [-0.2, -0.15) is 0 Å². The standard InChI is InChI=1S/C22H22FN3O2/c1-3-19-12-21(28)26(22(25-19)17-8-10-18(23)11-9-17)14-20(27)24-13-16-6-4-15(2)5-7-16/h4-12H,3,13-14H2,1-2H3,(H,24,27). The van der Waals surface area contributed by atoms with Gasteiger partial charge in [0.1, 0.15) is 18.2 Å². The zero-order valence-corrected chi connectivity index (χ0v) is 15.9. The summed E-state index contributed by atoms with van der Waals surface area (Å²) in [6.07, 6.45) is 0.587. The van der Waals surface area contributed by atoms with Gasteiger partial charge in [-0.1, -0.05) is 36.8 Å². The van der Waals surface area contributed by atoms with Gasteiger partial charge in [0.15, 0.2) is 0 Å². The van der Waals surface area contributed by atoms with Gasteiger partial charge in [0.05, 0.1) is 0 Å². The van der Waals surface area contributed by atoms with Crippen LogP contribution in [0.4, 0.5) is 4.39 Å². The van der Waals surface area contributed by atoms with E-state index in [1.807, 2.05) is 38.1 Å². The van der Waals surface area contributed by atoms with Crippen LogP contribution in [0.1, 0.15) is 23.7 Å². The molecule has 0 saturated heterocycles. The van der Waals surface area contributed by atoms with Crippen molar-refractivity contribution < 1.29 is 9.18 Å². The maximum absolute atomic E-state index is 13.3. The molecule has 0 radical (unpaired) electrons. The molecule has 1 N–H and O–H groups in total. The molecule has 2 aromatic carbocycles. The van der Waals surface area contributed by atoms with E-state index in [0.29, 0.717) is 30.0 Å². The summed E-state index contributed by atoms with van der Waals surface area (Å²) in [5, 5.41) is 2.82. The van der Waals surface area contributed by atoms with E-state index >= 15 is 0 Å². The third kappa shape index (κ3) is 4.71. The number of rotatable bonds is 6. The van der Waals surface area contributed by atoms with Crippen LogP contribution in [0.15, 0.2) is 59.4 Å². The Hall–Kier alpha value is -3.28. The van der Waals surface area contributed by atoms with Crippen molar-refractivity contribution in [3.05, 3.63) is 87.6 Å². The van der Waals surface area contributed by atoms with Gasteiger partial charge < -0.3 is 5.32 Å². The lowest BCUT2D eigenvalue weighted by molar-refractivity contribution is -0.121. The third-order valence-electron chi connectivity index (χ3n) is 4.44. The molecule has 0 aliphatic carbocycles. The number of hydrogen-bond donors (Lipinski definition) is 1. The number of hydrogen-bond acceptors (Lipinski definition) is 3. The first-order chi connectivity index (χ1) is 13.5. The average molecular weight is 379 g/mol. The smallest absolute Gasteiger partial charge is 0.254 e. The molecule has 0 unspecified atom stereocenters. The fourth-order valence-corrected chi connectivity index (χ4v) is 2.81. The number of benzene rings is 2. The number of aryl methyl sites for hydroxylation is 2. The highest BCUT2D eigenvalue weighted by molar-refractivity contribution is 5.76. The minimum atomic E-state index is -0.375. The second-order valence-electron chi connectivity index (χ2n) is 6.62. The summed E-state index contributed by atoms with van der Waals surface area (Å²) in [6, 6.07) is 15.0. The van der Waals surface area contributed by atoms with Gasteiger partial charge in [0, 0.05) is 23.9 Å². The monoisotopic (exact) mass is 379 g/mol. The molecule has 5 nitrogen and oxygen atoms in total. The zero-order valence-electron chi connectivity index (χ0n) is 15.9. The molecule has 6 heteroatoms. The Kier molecular flexibility index (Phi) is 5.99. The second kappa shape index (κ2) is 8.61. The van der Waals surface area contributed by atoms with Gasteiger partial charge in [-0.15, -0.1) is 0 Å². The molecule has 0 aliphatic rings. The molecule has 28 heavy (non-hydrogen) atoms. The molecule has 0 aliphatic heterocycles. The molecule has 3 aromatic rings. The highest BCUT2D eigenvalue weighted by atomic mass is 19.1. The molecule has 1 aromatic heterocycles. The molecule has 0 spiro atoms. The number of carbonyl (C=O) groups is 1. The van der Waals surface area contributed by atoms with Gasteiger partial charge in [-0.05, 0) is 43.2 Å². The summed E-state index contributed by atoms with van der Waals surface area (Å²) >= 11 is 0. The first-order valence-electron chi connectivity index (χ1n) is 9.15. The minimum Gasteiger partial charge on any atom is -0.350 e. The van der Waals surface area contributed by atoms with Crippen molar-refractivity contribution in [2.24, 2.45) is 0 Å². The molecule has 0 bridgehead atoms. The quantitative estimate of drug-likeness (QED) is 0.715. The maximum Gasteiger partial charge on any atom is 0.254 e. The van der Waals surface area contributed by atoms with Crippen LogP contribution in [0.2, 0.25) is 0 Å². The van der Waals surface area contributed by atoms with Crippen molar-refractivity contribution >= 4 is 5.91 Å². The number of aromatic nitrogens is 2. The Morgan fingerprint density at radius 2 is 1.79 bits per heavy atom. The second-order valence-corrected chi connectivity index (χ2v) is 6.62. The van der Waals surface area contributed by atoms with Gasteiger partial charge in [0.25, 0.3) is 5.56 Å². The zero-order chi connectivity index (χ0) is 20.1. The summed E-state index contributed by atoms with van der Waals surface area (Å²) in [4.78, 5) is 29.5. The van der Waals surface area contributed by atoms with E-state index in [1.165, 1.54) is 22.8 Å². The number of amides is 1. The fourth-order valence-electron chi connectivity index (χ4n) is 2.81. The Balaban J connectivity index is 1.83. The van der Waals surface area contributed by atoms with E-state index in [0.717, 1.165) is 11.1 Å². The van der Waals surface area contributed by atoms with Crippen LogP contribution in [0.5, 0.6) is 0 Å². The Labute approximate surface area is 162 Å². The maximum atomic E-state index is 13.3. The van der Waals surface area contributed by atoms with Crippen LogP contribution in [0.3, 0.4) is 0 Å². The van der Waals surface area contributed by atoms with Crippen molar-refractivity contribution in [3.8, 4) is 11.4 Å². The molecule has 1 amide bonds. The van der Waals surface area contributed by atoms with E-state index in [4.69, 9.17) is 0 Å². The predicted molar refractivity (Wildman–Crippen MR) is 106 cm³/mol. The lowest BCUT2D eigenvalue weighted by Gasteiger charge is -2.14. The Morgan fingerprint density at radius 1 is 1.11 bits per heavy atom. The van der Waals surface area contributed by atoms with E-state index in [2.05, 4.69) is 10.3 Å². The van der Waals surface area contributed by atoms with E-state index in [1.54, 1.807) is 12.1 Å². The summed E-state index contributed by atoms with van der Waals surface area (Å²) in [5.74, 6) is -0.313. The molecule has 144 valence electrons. The largest absolute Gasteiger partial charge is 0.350 e. The Morgan fingerprint density at radius 3 is 2.43 bits per heavy atom. The van der Waals surface area contributed by atoms with Gasteiger partial charge >= 0.3 is 0 Å². The summed E-state index contributed by atoms with van der Waals surface area (Å²) in [6.45, 7) is 4.11. The van der Waals surface area contributed by atoms with E-state index in [-0.39, 0.29) is 23.8 Å². The van der Waals surface area contributed by atoms with Crippen molar-refractivity contribution in [1.29, 1.82) is 0 Å². The average Bonchev–Trinajstić information content (AvgIpc) is 2.69. The first kappa shape index (κ1) is 19.5. The van der Waals surface area contributed by atoms with Gasteiger partial charge in [0.2, 0.25) is 5.91 Å². The number of nitrogens with one attached hydrogen (secondary N) is 1. The van der Waals surface area contributed by atoms with Crippen LogP contribution in [-0.2, 0) is 24.3 Å². The van der Waals surface area contributed by atoms with Crippen molar-refractivity contribution in [2.75, 3.05) is 0 Å². The summed E-state index contributed by atoms with van der Waals surface area (Å²) in [5.41, 5.74) is 3.02. The van der Waals surface area contributed by atoms with Gasteiger partial charge in [-0.25, -0.2) is 9.37 Å². The highest BCUT2D eigenvalue weighted by Crippen LogP contribution is 2.17. The lowest BCUT2D eigenvalue weighted by Crippen LogP contribution is -2.33. The van der Waals surface area contributed by atoms with E-state index in [9.17, 15) is 14.0 Å².